The molecule has 0 aliphatic heterocycles. The lowest BCUT2D eigenvalue weighted by Crippen LogP contribution is -1.96. The molecular weight excluding hydrogens is 256 g/mol. The molecule has 0 amide bonds. The van der Waals surface area contributed by atoms with E-state index in [9.17, 15) is 8.42 Å². The van der Waals surface area contributed by atoms with Crippen molar-refractivity contribution in [2.24, 2.45) is 0 Å². The molecule has 98 valence electrons. The van der Waals surface area contributed by atoms with E-state index in [0.29, 0.717) is 11.3 Å². The number of hydrogen-bond donors (Lipinski definition) is 0. The van der Waals surface area contributed by atoms with Gasteiger partial charge in [0.05, 0.1) is 4.90 Å². The first-order valence-electron chi connectivity index (χ1n) is 6.10. The zero-order chi connectivity index (χ0) is 13.7. The molecule has 0 radical (unpaired) electrons. The second-order valence-electron chi connectivity index (χ2n) is 4.42. The SMILES string of the molecule is Cc1ccc(S(=O)(=O)C=CCc2ccccc2)cc1. The maximum Gasteiger partial charge on any atom is 0.199 e. The number of sulfone groups is 1. The molecule has 0 bridgehead atoms. The Morgan fingerprint density at radius 3 is 2.21 bits per heavy atom. The fourth-order valence-corrected chi connectivity index (χ4v) is 2.75. The molecule has 3 heteroatoms. The van der Waals surface area contributed by atoms with Crippen LogP contribution in [0.1, 0.15) is 11.1 Å². The summed E-state index contributed by atoms with van der Waals surface area (Å²) in [7, 11) is -3.33. The summed E-state index contributed by atoms with van der Waals surface area (Å²) in [4.78, 5) is 0.336. The molecule has 0 heterocycles. The predicted molar refractivity (Wildman–Crippen MR) is 77.7 cm³/mol. The van der Waals surface area contributed by atoms with Crippen LogP contribution in [0.15, 0.2) is 71.0 Å². The number of benzene rings is 2. The summed E-state index contributed by atoms with van der Waals surface area (Å²) in [5, 5.41) is 1.28. The molecule has 2 nitrogen and oxygen atoms in total. The summed E-state index contributed by atoms with van der Waals surface area (Å²) in [5.74, 6) is 0. The Morgan fingerprint density at radius 2 is 1.58 bits per heavy atom. The topological polar surface area (TPSA) is 34.1 Å². The monoisotopic (exact) mass is 272 g/mol. The van der Waals surface area contributed by atoms with E-state index in [0.717, 1.165) is 11.1 Å². The van der Waals surface area contributed by atoms with Crippen molar-refractivity contribution in [1.29, 1.82) is 0 Å². The first-order chi connectivity index (χ1) is 9.08. The van der Waals surface area contributed by atoms with Gasteiger partial charge in [-0.05, 0) is 31.0 Å². The van der Waals surface area contributed by atoms with Crippen LogP contribution in [0.25, 0.3) is 0 Å². The van der Waals surface area contributed by atoms with Crippen molar-refractivity contribution in [2.45, 2.75) is 18.2 Å². The fourth-order valence-electron chi connectivity index (χ4n) is 1.73. The first-order valence-corrected chi connectivity index (χ1v) is 7.65. The average molecular weight is 272 g/mol. The Kier molecular flexibility index (Phi) is 4.17. The number of aryl methyl sites for hydroxylation is 1. The van der Waals surface area contributed by atoms with Gasteiger partial charge >= 0.3 is 0 Å². The molecule has 0 unspecified atom stereocenters. The van der Waals surface area contributed by atoms with Crippen LogP contribution in [-0.2, 0) is 16.3 Å². The summed E-state index contributed by atoms with van der Waals surface area (Å²) >= 11 is 0. The lowest BCUT2D eigenvalue weighted by molar-refractivity contribution is 0.604. The maximum atomic E-state index is 12.0. The minimum Gasteiger partial charge on any atom is -0.219 e. The quantitative estimate of drug-likeness (QED) is 0.853. The third-order valence-electron chi connectivity index (χ3n) is 2.82. The lowest BCUT2D eigenvalue weighted by Gasteiger charge is -2.00. The highest BCUT2D eigenvalue weighted by molar-refractivity contribution is 7.94. The number of rotatable bonds is 4. The van der Waals surface area contributed by atoms with Gasteiger partial charge in [-0.2, -0.15) is 0 Å². The number of hydrogen-bond acceptors (Lipinski definition) is 2. The summed E-state index contributed by atoms with van der Waals surface area (Å²) in [6.45, 7) is 1.93. The Hall–Kier alpha value is -1.87. The van der Waals surface area contributed by atoms with Gasteiger partial charge in [0, 0.05) is 5.41 Å². The van der Waals surface area contributed by atoms with Crippen molar-refractivity contribution in [3.63, 3.8) is 0 Å². The molecule has 2 aromatic carbocycles. The average Bonchev–Trinajstić information content (AvgIpc) is 2.40. The highest BCUT2D eigenvalue weighted by Crippen LogP contribution is 2.13. The van der Waals surface area contributed by atoms with Crippen molar-refractivity contribution in [3.8, 4) is 0 Å². The van der Waals surface area contributed by atoms with E-state index in [1.807, 2.05) is 37.3 Å². The maximum absolute atomic E-state index is 12.0. The molecule has 0 saturated carbocycles. The molecule has 0 atom stereocenters. The van der Waals surface area contributed by atoms with Crippen LogP contribution < -0.4 is 0 Å². The van der Waals surface area contributed by atoms with Gasteiger partial charge < -0.3 is 0 Å². The molecule has 0 spiro atoms. The van der Waals surface area contributed by atoms with Crippen molar-refractivity contribution >= 4 is 9.84 Å². The van der Waals surface area contributed by atoms with Gasteiger partial charge in [0.2, 0.25) is 0 Å². The van der Waals surface area contributed by atoms with E-state index in [2.05, 4.69) is 0 Å². The smallest absolute Gasteiger partial charge is 0.199 e. The Morgan fingerprint density at radius 1 is 0.947 bits per heavy atom. The van der Waals surface area contributed by atoms with E-state index in [1.165, 1.54) is 5.41 Å². The number of allylic oxidation sites excluding steroid dienone is 1. The van der Waals surface area contributed by atoms with Crippen LogP contribution in [-0.4, -0.2) is 8.42 Å². The second-order valence-corrected chi connectivity index (χ2v) is 6.25. The van der Waals surface area contributed by atoms with E-state index in [4.69, 9.17) is 0 Å². The molecule has 0 aliphatic carbocycles. The van der Waals surface area contributed by atoms with Crippen LogP contribution >= 0.6 is 0 Å². The Bertz CT molecular complexity index is 654. The van der Waals surface area contributed by atoms with Gasteiger partial charge in [-0.15, -0.1) is 0 Å². The molecule has 0 aromatic heterocycles. The van der Waals surface area contributed by atoms with E-state index >= 15 is 0 Å². The highest BCUT2D eigenvalue weighted by Gasteiger charge is 2.08. The van der Waals surface area contributed by atoms with Crippen LogP contribution in [0.3, 0.4) is 0 Å². The molecule has 0 N–H and O–H groups in total. The molecule has 2 aromatic rings. The predicted octanol–water partition coefficient (Wildman–Crippen LogP) is 3.53. The van der Waals surface area contributed by atoms with Crippen molar-refractivity contribution < 1.29 is 8.42 Å². The van der Waals surface area contributed by atoms with Gasteiger partial charge in [-0.1, -0.05) is 54.1 Å². The molecule has 19 heavy (non-hydrogen) atoms. The lowest BCUT2D eigenvalue weighted by atomic mass is 10.2. The Labute approximate surface area is 114 Å². The minimum absolute atomic E-state index is 0.336. The fraction of sp³-hybridized carbons (Fsp3) is 0.125. The zero-order valence-corrected chi connectivity index (χ0v) is 11.6. The van der Waals surface area contributed by atoms with Crippen LogP contribution in [0.4, 0.5) is 0 Å². The van der Waals surface area contributed by atoms with E-state index in [1.54, 1.807) is 30.3 Å². The minimum atomic E-state index is -3.33. The van der Waals surface area contributed by atoms with Gasteiger partial charge in [0.25, 0.3) is 0 Å². The largest absolute Gasteiger partial charge is 0.219 e. The van der Waals surface area contributed by atoms with Gasteiger partial charge in [-0.25, -0.2) is 8.42 Å². The van der Waals surface area contributed by atoms with Gasteiger partial charge in [-0.3, -0.25) is 0 Å². The summed E-state index contributed by atoms with van der Waals surface area (Å²) in [6, 6.07) is 16.7. The normalized spacial score (nSPS) is 11.8. The molecule has 0 saturated heterocycles. The van der Waals surface area contributed by atoms with Crippen molar-refractivity contribution in [1.82, 2.24) is 0 Å². The zero-order valence-electron chi connectivity index (χ0n) is 10.8. The standard InChI is InChI=1S/C16H16O2S/c1-14-9-11-16(12-10-14)19(17,18)13-5-8-15-6-3-2-4-7-15/h2-7,9-13H,8H2,1H3. The molecule has 0 aliphatic rings. The summed E-state index contributed by atoms with van der Waals surface area (Å²) in [6.07, 6.45) is 2.30. The molecule has 2 rings (SSSR count). The van der Waals surface area contributed by atoms with Crippen LogP contribution in [0.5, 0.6) is 0 Å². The Balaban J connectivity index is 2.11. The summed E-state index contributed by atoms with van der Waals surface area (Å²) < 4.78 is 24.1. The molecular formula is C16H16O2S. The third kappa shape index (κ3) is 3.80. The van der Waals surface area contributed by atoms with E-state index in [-0.39, 0.29) is 0 Å². The second kappa shape index (κ2) is 5.85. The van der Waals surface area contributed by atoms with Gasteiger partial charge in [0.1, 0.15) is 0 Å². The van der Waals surface area contributed by atoms with Crippen molar-refractivity contribution in [2.75, 3.05) is 0 Å². The van der Waals surface area contributed by atoms with Crippen LogP contribution in [0.2, 0.25) is 0 Å². The molecule has 0 fully saturated rings. The summed E-state index contributed by atoms with van der Waals surface area (Å²) in [5.41, 5.74) is 2.14. The third-order valence-corrected chi connectivity index (χ3v) is 4.30. The highest BCUT2D eigenvalue weighted by atomic mass is 32.2. The van der Waals surface area contributed by atoms with Crippen LogP contribution in [0, 0.1) is 6.92 Å². The van der Waals surface area contributed by atoms with E-state index < -0.39 is 9.84 Å². The van der Waals surface area contributed by atoms with Crippen molar-refractivity contribution in [3.05, 3.63) is 77.2 Å². The first kappa shape index (κ1) is 13.6. The van der Waals surface area contributed by atoms with Gasteiger partial charge in [0.15, 0.2) is 9.84 Å².